The van der Waals surface area contributed by atoms with Crippen molar-refractivity contribution in [3.8, 4) is 11.3 Å². The van der Waals surface area contributed by atoms with E-state index in [-0.39, 0.29) is 4.90 Å². The van der Waals surface area contributed by atoms with Crippen LogP contribution in [-0.2, 0) is 21.3 Å². The molecule has 0 spiro atoms. The molecule has 0 amide bonds. The van der Waals surface area contributed by atoms with Gasteiger partial charge in [-0.2, -0.15) is 5.10 Å². The van der Waals surface area contributed by atoms with Crippen LogP contribution in [0.1, 0.15) is 20.8 Å². The molecule has 1 saturated heterocycles. The molecule has 0 bridgehead atoms. The molecule has 1 fully saturated rings. The van der Waals surface area contributed by atoms with E-state index in [2.05, 4.69) is 31.1 Å². The Bertz CT molecular complexity index is 1800. The molecule has 1 aliphatic rings. The summed E-state index contributed by atoms with van der Waals surface area (Å²) in [7, 11) is -3.68. The minimum Gasteiger partial charge on any atom is -0.379 e. The Labute approximate surface area is 239 Å². The second-order valence-electron chi connectivity index (χ2n) is 11.2. The number of benzene rings is 2. The van der Waals surface area contributed by atoms with E-state index in [0.29, 0.717) is 5.95 Å². The Kier molecular flexibility index (Phi) is 7.24. The molecule has 0 atom stereocenters. The van der Waals surface area contributed by atoms with E-state index >= 15 is 0 Å². The van der Waals surface area contributed by atoms with Gasteiger partial charge in [-0.25, -0.2) is 22.6 Å². The molecule has 214 valence electrons. The Morgan fingerprint density at radius 2 is 1.80 bits per heavy atom. The molecule has 0 unspecified atom stereocenters. The van der Waals surface area contributed by atoms with Gasteiger partial charge in [0.2, 0.25) is 16.0 Å². The van der Waals surface area contributed by atoms with Crippen molar-refractivity contribution in [3.05, 3.63) is 67.0 Å². The summed E-state index contributed by atoms with van der Waals surface area (Å²) in [5, 5.41) is 13.6. The van der Waals surface area contributed by atoms with Gasteiger partial charge in [0, 0.05) is 41.8 Å². The molecular formula is C29H34N8O3S. The van der Waals surface area contributed by atoms with E-state index in [1.807, 2.05) is 62.0 Å². The van der Waals surface area contributed by atoms with Crippen molar-refractivity contribution in [2.45, 2.75) is 37.8 Å². The van der Waals surface area contributed by atoms with Crippen LogP contribution >= 0.6 is 0 Å². The molecule has 1 aliphatic heterocycles. The van der Waals surface area contributed by atoms with E-state index in [4.69, 9.17) is 9.84 Å². The van der Waals surface area contributed by atoms with E-state index in [9.17, 15) is 8.42 Å². The first-order valence-corrected chi connectivity index (χ1v) is 15.1. The second-order valence-corrected chi connectivity index (χ2v) is 12.9. The summed E-state index contributed by atoms with van der Waals surface area (Å²) in [5.41, 5.74) is 3.62. The second kappa shape index (κ2) is 10.9. The summed E-state index contributed by atoms with van der Waals surface area (Å²) < 4.78 is 37.8. The van der Waals surface area contributed by atoms with E-state index in [1.54, 1.807) is 28.9 Å². The van der Waals surface area contributed by atoms with Crippen LogP contribution in [0.4, 0.5) is 11.6 Å². The van der Waals surface area contributed by atoms with Gasteiger partial charge in [-0.05, 0) is 63.2 Å². The highest BCUT2D eigenvalue weighted by atomic mass is 32.2. The lowest BCUT2D eigenvalue weighted by Gasteiger charge is -2.26. The first-order chi connectivity index (χ1) is 19.6. The maximum absolute atomic E-state index is 12.9. The fourth-order valence-electron chi connectivity index (χ4n) is 5.00. The molecule has 5 aromatic rings. The Morgan fingerprint density at radius 3 is 2.61 bits per heavy atom. The zero-order valence-corrected chi connectivity index (χ0v) is 24.2. The molecule has 0 saturated carbocycles. The Balaban J connectivity index is 1.22. The maximum atomic E-state index is 12.9. The highest BCUT2D eigenvalue weighted by Gasteiger charge is 2.22. The van der Waals surface area contributed by atoms with Gasteiger partial charge in [-0.15, -0.1) is 5.10 Å². The van der Waals surface area contributed by atoms with Crippen molar-refractivity contribution in [1.82, 2.24) is 34.0 Å². The molecule has 12 heteroatoms. The smallest absolute Gasteiger partial charge is 0.245 e. The van der Waals surface area contributed by atoms with Gasteiger partial charge in [0.25, 0.3) is 0 Å². The number of ether oxygens (including phenoxy) is 1. The number of nitrogens with zero attached hydrogens (tertiary/aromatic N) is 6. The zero-order valence-electron chi connectivity index (χ0n) is 23.4. The van der Waals surface area contributed by atoms with Gasteiger partial charge in [0.15, 0.2) is 0 Å². The van der Waals surface area contributed by atoms with E-state index < -0.39 is 15.6 Å². The fourth-order valence-corrected chi connectivity index (χ4v) is 6.46. The van der Waals surface area contributed by atoms with E-state index in [1.165, 1.54) is 0 Å². The van der Waals surface area contributed by atoms with Crippen molar-refractivity contribution in [2.24, 2.45) is 0 Å². The first kappa shape index (κ1) is 27.3. The number of anilines is 2. The van der Waals surface area contributed by atoms with Crippen LogP contribution in [0.5, 0.6) is 0 Å². The van der Waals surface area contributed by atoms with Crippen LogP contribution in [0.3, 0.4) is 0 Å². The predicted octanol–water partition coefficient (Wildman–Crippen LogP) is 3.90. The van der Waals surface area contributed by atoms with Crippen LogP contribution in [0.25, 0.3) is 27.7 Å². The molecule has 6 rings (SSSR count). The fraction of sp³-hybridized carbons (Fsp3) is 0.345. The monoisotopic (exact) mass is 574 g/mol. The minimum atomic E-state index is -3.68. The normalized spacial score (nSPS) is 15.1. The van der Waals surface area contributed by atoms with Gasteiger partial charge in [0.1, 0.15) is 0 Å². The molecular weight excluding hydrogens is 540 g/mol. The summed E-state index contributed by atoms with van der Waals surface area (Å²) in [6, 6.07) is 16.8. The standard InChI is InChI=1S/C29H34N8O3S/c1-29(2,3)34-41(38,39)25-6-4-5-21(18-25)27-10-8-24-20-30-28(33-37(24)27)32-23-7-9-26-22(17-23)19-31-36(26)12-11-35-13-15-40-16-14-35/h4-10,17-20,34H,11-16H2,1-3H3,(H,32,33). The van der Waals surface area contributed by atoms with Crippen molar-refractivity contribution in [2.75, 3.05) is 38.2 Å². The molecule has 2 aromatic carbocycles. The molecule has 41 heavy (non-hydrogen) atoms. The lowest BCUT2D eigenvalue weighted by atomic mass is 10.1. The SMILES string of the molecule is CC(C)(C)NS(=O)(=O)c1cccc(-c2ccc3cnc(Nc4ccc5c(cnn5CCN5CCOCC5)c4)nn23)c1. The number of sulfonamides is 1. The number of aromatic nitrogens is 5. The third-order valence-corrected chi connectivity index (χ3v) is 8.66. The maximum Gasteiger partial charge on any atom is 0.245 e. The first-order valence-electron chi connectivity index (χ1n) is 13.7. The summed E-state index contributed by atoms with van der Waals surface area (Å²) in [6.07, 6.45) is 3.62. The minimum absolute atomic E-state index is 0.200. The van der Waals surface area contributed by atoms with Crippen LogP contribution in [0.2, 0.25) is 0 Å². The van der Waals surface area contributed by atoms with Gasteiger partial charge in [0.05, 0.1) is 53.8 Å². The lowest BCUT2D eigenvalue weighted by molar-refractivity contribution is 0.0361. The average molecular weight is 575 g/mol. The highest BCUT2D eigenvalue weighted by Crippen LogP contribution is 2.26. The number of nitrogens with one attached hydrogen (secondary N) is 2. The van der Waals surface area contributed by atoms with Crippen LogP contribution in [0, 0.1) is 0 Å². The van der Waals surface area contributed by atoms with Crippen LogP contribution in [-0.4, -0.2) is 76.1 Å². The number of hydrogen-bond acceptors (Lipinski definition) is 8. The van der Waals surface area contributed by atoms with Crippen molar-refractivity contribution >= 4 is 38.1 Å². The number of rotatable bonds is 8. The molecule has 2 N–H and O–H groups in total. The predicted molar refractivity (Wildman–Crippen MR) is 159 cm³/mol. The van der Waals surface area contributed by atoms with Gasteiger partial charge < -0.3 is 10.1 Å². The topological polar surface area (TPSA) is 119 Å². The molecule has 3 aromatic heterocycles. The van der Waals surface area contributed by atoms with Gasteiger partial charge >= 0.3 is 0 Å². The van der Waals surface area contributed by atoms with E-state index in [0.717, 1.165) is 72.8 Å². The zero-order chi connectivity index (χ0) is 28.6. The van der Waals surface area contributed by atoms with Gasteiger partial charge in [-0.3, -0.25) is 9.58 Å². The largest absolute Gasteiger partial charge is 0.379 e. The molecule has 4 heterocycles. The number of hydrogen-bond donors (Lipinski definition) is 2. The lowest BCUT2D eigenvalue weighted by Crippen LogP contribution is -2.40. The summed E-state index contributed by atoms with van der Waals surface area (Å²) in [4.78, 5) is 7.08. The molecule has 0 aliphatic carbocycles. The number of fused-ring (bicyclic) bond motifs is 2. The summed E-state index contributed by atoms with van der Waals surface area (Å²) >= 11 is 0. The van der Waals surface area contributed by atoms with Crippen LogP contribution < -0.4 is 10.0 Å². The van der Waals surface area contributed by atoms with Crippen molar-refractivity contribution in [1.29, 1.82) is 0 Å². The Morgan fingerprint density at radius 1 is 0.976 bits per heavy atom. The van der Waals surface area contributed by atoms with Crippen molar-refractivity contribution in [3.63, 3.8) is 0 Å². The number of morpholine rings is 1. The third-order valence-electron chi connectivity index (χ3n) is 6.91. The summed E-state index contributed by atoms with van der Waals surface area (Å²) in [5.74, 6) is 0.423. The highest BCUT2D eigenvalue weighted by molar-refractivity contribution is 7.89. The Hall–Kier alpha value is -3.84. The van der Waals surface area contributed by atoms with Gasteiger partial charge in [-0.1, -0.05) is 12.1 Å². The molecule has 0 radical (unpaired) electrons. The molecule has 11 nitrogen and oxygen atoms in total. The van der Waals surface area contributed by atoms with Crippen molar-refractivity contribution < 1.29 is 13.2 Å². The van der Waals surface area contributed by atoms with Crippen LogP contribution in [0.15, 0.2) is 71.9 Å². The third kappa shape index (κ3) is 6.10. The summed E-state index contributed by atoms with van der Waals surface area (Å²) in [6.45, 7) is 10.7. The average Bonchev–Trinajstić information content (AvgIpc) is 3.55. The quantitative estimate of drug-likeness (QED) is 0.287.